The summed E-state index contributed by atoms with van der Waals surface area (Å²) in [6.07, 6.45) is 0.941. The third-order valence-electron chi connectivity index (χ3n) is 4.79. The second-order valence-corrected chi connectivity index (χ2v) is 10.0. The number of aliphatic imine (C=N–C) groups is 1. The van der Waals surface area contributed by atoms with Gasteiger partial charge in [-0.2, -0.15) is 11.8 Å². The molecule has 10 heteroatoms. The van der Waals surface area contributed by atoms with E-state index in [9.17, 15) is 8.42 Å². The van der Waals surface area contributed by atoms with Crippen LogP contribution >= 0.6 is 35.7 Å². The normalized spacial score (nSPS) is 16.6. The van der Waals surface area contributed by atoms with Crippen molar-refractivity contribution in [3.8, 4) is 5.75 Å². The van der Waals surface area contributed by atoms with Crippen LogP contribution in [0.1, 0.15) is 24.8 Å². The first kappa shape index (κ1) is 26.3. The molecule has 2 rings (SSSR count). The number of nitrogens with one attached hydrogen (secondary N) is 2. The van der Waals surface area contributed by atoms with Crippen LogP contribution in [-0.4, -0.2) is 76.3 Å². The maximum absolute atomic E-state index is 12.4. The number of sulfonamides is 1. The van der Waals surface area contributed by atoms with Crippen LogP contribution in [0.15, 0.2) is 29.3 Å². The van der Waals surface area contributed by atoms with E-state index in [0.717, 1.165) is 30.2 Å². The molecule has 1 aliphatic heterocycles. The average Bonchev–Trinajstić information content (AvgIpc) is 2.73. The number of halogens is 1. The van der Waals surface area contributed by atoms with E-state index in [1.807, 2.05) is 12.1 Å². The summed E-state index contributed by atoms with van der Waals surface area (Å²) in [6.45, 7) is 4.51. The molecular formula is C19H33IN4O3S2. The number of hydrogen-bond acceptors (Lipinski definition) is 5. The highest BCUT2D eigenvalue weighted by Crippen LogP contribution is 2.21. The minimum absolute atomic E-state index is 0. The molecule has 1 aromatic rings. The molecule has 0 saturated carbocycles. The van der Waals surface area contributed by atoms with Crippen LogP contribution in [0.4, 0.5) is 0 Å². The van der Waals surface area contributed by atoms with E-state index in [1.165, 1.54) is 5.56 Å². The molecule has 1 saturated heterocycles. The van der Waals surface area contributed by atoms with Crippen molar-refractivity contribution in [2.45, 2.75) is 19.3 Å². The van der Waals surface area contributed by atoms with E-state index in [4.69, 9.17) is 4.74 Å². The zero-order valence-electron chi connectivity index (χ0n) is 17.4. The van der Waals surface area contributed by atoms with Crippen LogP contribution in [0.2, 0.25) is 0 Å². The molecule has 166 valence electrons. The van der Waals surface area contributed by atoms with Gasteiger partial charge in [-0.25, -0.2) is 12.7 Å². The largest absolute Gasteiger partial charge is 0.497 e. The van der Waals surface area contributed by atoms with Crippen LogP contribution < -0.4 is 15.4 Å². The summed E-state index contributed by atoms with van der Waals surface area (Å²) < 4.78 is 31.5. The van der Waals surface area contributed by atoms with Crippen LogP contribution in [0.5, 0.6) is 5.75 Å². The van der Waals surface area contributed by atoms with Crippen molar-refractivity contribution in [3.63, 3.8) is 0 Å². The lowest BCUT2D eigenvalue weighted by atomic mass is 9.98. The summed E-state index contributed by atoms with van der Waals surface area (Å²) in [5.41, 5.74) is 1.26. The monoisotopic (exact) mass is 556 g/mol. The molecule has 2 N–H and O–H groups in total. The minimum Gasteiger partial charge on any atom is -0.497 e. The van der Waals surface area contributed by atoms with Crippen molar-refractivity contribution < 1.29 is 13.2 Å². The lowest BCUT2D eigenvalue weighted by Gasteiger charge is -2.25. The fraction of sp³-hybridized carbons (Fsp3) is 0.632. The van der Waals surface area contributed by atoms with Crippen LogP contribution in [0.3, 0.4) is 0 Å². The molecule has 1 atom stereocenters. The molecule has 0 amide bonds. The highest BCUT2D eigenvalue weighted by atomic mass is 127. The summed E-state index contributed by atoms with van der Waals surface area (Å²) >= 11 is 1.80. The third kappa shape index (κ3) is 8.89. The zero-order valence-corrected chi connectivity index (χ0v) is 21.4. The minimum atomic E-state index is -3.20. The Balaban J connectivity index is 0.00000420. The average molecular weight is 557 g/mol. The van der Waals surface area contributed by atoms with E-state index in [0.29, 0.717) is 31.5 Å². The van der Waals surface area contributed by atoms with Crippen LogP contribution in [-0.2, 0) is 10.0 Å². The number of hydrogen-bond donors (Lipinski definition) is 2. The van der Waals surface area contributed by atoms with E-state index >= 15 is 0 Å². The summed E-state index contributed by atoms with van der Waals surface area (Å²) in [5.74, 6) is 3.72. The van der Waals surface area contributed by atoms with Gasteiger partial charge in [0.2, 0.25) is 10.0 Å². The second-order valence-electron chi connectivity index (χ2n) is 6.72. The van der Waals surface area contributed by atoms with Gasteiger partial charge in [0.1, 0.15) is 5.75 Å². The molecule has 1 heterocycles. The summed E-state index contributed by atoms with van der Waals surface area (Å²) in [7, 11) is 0.159. The molecule has 29 heavy (non-hydrogen) atoms. The van der Waals surface area contributed by atoms with Crippen molar-refractivity contribution in [3.05, 3.63) is 29.8 Å². The summed E-state index contributed by atoms with van der Waals surface area (Å²) in [4.78, 5) is 4.18. The molecule has 0 aliphatic carbocycles. The smallest absolute Gasteiger partial charge is 0.215 e. The topological polar surface area (TPSA) is 83.0 Å². The lowest BCUT2D eigenvalue weighted by Crippen LogP contribution is -2.44. The third-order valence-corrected chi connectivity index (χ3v) is 7.61. The Morgan fingerprint density at radius 3 is 2.41 bits per heavy atom. The first-order valence-corrected chi connectivity index (χ1v) is 12.4. The number of nitrogens with zero attached hydrogens (tertiary/aromatic N) is 2. The standard InChI is InChI=1S/C19H32N4O3S2.HI/c1-16(17-4-6-18(26-3)7-5-17)8-9-21-19(20-2)22-10-15-28(24,25)23-11-13-27-14-12-23;/h4-7,16H,8-15H2,1-3H3,(H2,20,21,22);1H. The van der Waals surface area contributed by atoms with Gasteiger partial charge in [0.15, 0.2) is 5.96 Å². The summed E-state index contributed by atoms with van der Waals surface area (Å²) in [6, 6.07) is 8.11. The molecule has 7 nitrogen and oxygen atoms in total. The van der Waals surface area contributed by atoms with E-state index in [-0.39, 0.29) is 29.7 Å². The van der Waals surface area contributed by atoms with Gasteiger partial charge in [-0.15, -0.1) is 24.0 Å². The van der Waals surface area contributed by atoms with Gasteiger partial charge in [0.05, 0.1) is 12.9 Å². The summed E-state index contributed by atoms with van der Waals surface area (Å²) in [5, 5.41) is 6.37. The number of ether oxygens (including phenoxy) is 1. The first-order valence-electron chi connectivity index (χ1n) is 9.60. The van der Waals surface area contributed by atoms with E-state index in [2.05, 4.69) is 34.7 Å². The first-order chi connectivity index (χ1) is 13.5. The molecular weight excluding hydrogens is 523 g/mol. The number of methoxy groups -OCH3 is 1. The van der Waals surface area contributed by atoms with Crippen molar-refractivity contribution in [1.82, 2.24) is 14.9 Å². The molecule has 1 unspecified atom stereocenters. The fourth-order valence-corrected chi connectivity index (χ4v) is 5.47. The molecule has 0 spiro atoms. The van der Waals surface area contributed by atoms with Crippen molar-refractivity contribution >= 4 is 51.7 Å². The molecule has 1 aromatic carbocycles. The van der Waals surface area contributed by atoms with Gasteiger partial charge in [0.25, 0.3) is 0 Å². The maximum atomic E-state index is 12.4. The predicted molar refractivity (Wildman–Crippen MR) is 133 cm³/mol. The highest BCUT2D eigenvalue weighted by Gasteiger charge is 2.23. The van der Waals surface area contributed by atoms with Crippen LogP contribution in [0, 0.1) is 0 Å². The van der Waals surface area contributed by atoms with Crippen molar-refractivity contribution in [2.24, 2.45) is 4.99 Å². The lowest BCUT2D eigenvalue weighted by molar-refractivity contribution is 0.414. The van der Waals surface area contributed by atoms with Crippen molar-refractivity contribution in [2.75, 3.05) is 57.6 Å². The quantitative estimate of drug-likeness (QED) is 0.276. The number of rotatable bonds is 9. The number of thioether (sulfide) groups is 1. The Labute approximate surface area is 196 Å². The van der Waals surface area contributed by atoms with Gasteiger partial charge in [-0.3, -0.25) is 4.99 Å². The fourth-order valence-electron chi connectivity index (χ4n) is 2.98. The van der Waals surface area contributed by atoms with Crippen LogP contribution in [0.25, 0.3) is 0 Å². The SMILES string of the molecule is CN=C(NCCC(C)c1ccc(OC)cc1)NCCS(=O)(=O)N1CCSCC1.I. The van der Waals surface area contributed by atoms with Gasteiger partial charge < -0.3 is 15.4 Å². The van der Waals surface area contributed by atoms with Gasteiger partial charge in [0, 0.05) is 44.7 Å². The molecule has 0 aromatic heterocycles. The number of benzene rings is 1. The Hall–Kier alpha value is -0.720. The highest BCUT2D eigenvalue weighted by molar-refractivity contribution is 14.0. The molecule has 1 fully saturated rings. The van der Waals surface area contributed by atoms with Gasteiger partial charge >= 0.3 is 0 Å². The molecule has 0 bridgehead atoms. The van der Waals surface area contributed by atoms with E-state index in [1.54, 1.807) is 30.2 Å². The Kier molecular flexibility index (Phi) is 12.3. The van der Waals surface area contributed by atoms with E-state index < -0.39 is 10.0 Å². The second kappa shape index (κ2) is 13.6. The zero-order chi connectivity index (χ0) is 20.4. The molecule has 1 aliphatic rings. The Morgan fingerprint density at radius 1 is 1.21 bits per heavy atom. The molecule has 0 radical (unpaired) electrons. The Bertz CT molecular complexity index is 723. The van der Waals surface area contributed by atoms with Crippen molar-refractivity contribution in [1.29, 1.82) is 0 Å². The van der Waals surface area contributed by atoms with Gasteiger partial charge in [-0.05, 0) is 30.0 Å². The Morgan fingerprint density at radius 2 is 1.83 bits per heavy atom. The maximum Gasteiger partial charge on any atom is 0.215 e. The van der Waals surface area contributed by atoms with Gasteiger partial charge in [-0.1, -0.05) is 19.1 Å². The number of guanidine groups is 1. The predicted octanol–water partition coefficient (Wildman–Crippen LogP) is 2.35.